The molecule has 0 aromatic heterocycles. The molecule has 154 valence electrons. The second-order valence-electron chi connectivity index (χ2n) is 7.86. The predicted molar refractivity (Wildman–Crippen MR) is 127 cm³/mol. The second-order valence-corrected chi connectivity index (χ2v) is 8.24. The van der Waals surface area contributed by atoms with Gasteiger partial charge >= 0.3 is 0 Å². The lowest BCUT2D eigenvalue weighted by molar-refractivity contribution is 0.177. The molecule has 0 spiro atoms. The fourth-order valence-electron chi connectivity index (χ4n) is 3.70. The highest BCUT2D eigenvalue weighted by atomic mass is 32.1. The fourth-order valence-corrected chi connectivity index (χ4v) is 4.01. The van der Waals surface area contributed by atoms with E-state index >= 15 is 0 Å². The minimum atomic E-state index is 0.564. The molecular formula is C26H28N2OS. The van der Waals surface area contributed by atoms with E-state index in [2.05, 4.69) is 83.5 Å². The summed E-state index contributed by atoms with van der Waals surface area (Å²) in [5.41, 5.74) is 4.85. The molecule has 4 rings (SSSR count). The lowest BCUT2D eigenvalue weighted by Crippen LogP contribution is -2.48. The van der Waals surface area contributed by atoms with Gasteiger partial charge in [-0.1, -0.05) is 84.5 Å². The standard InChI is InChI=1S/C26H28N2OS/c1-21-10-12-23(13-11-21)20-29-25-9-5-8-24(18-25)26(30)28-16-14-27(15-17-28)19-22-6-3-2-4-7-22/h2-13,18H,14-17,19-20H2,1H3. The monoisotopic (exact) mass is 416 g/mol. The van der Waals surface area contributed by atoms with Gasteiger partial charge in [-0.25, -0.2) is 0 Å². The van der Waals surface area contributed by atoms with Crippen LogP contribution in [0.2, 0.25) is 0 Å². The van der Waals surface area contributed by atoms with E-state index in [1.54, 1.807) is 0 Å². The Bertz CT molecular complexity index is 964. The van der Waals surface area contributed by atoms with Gasteiger partial charge in [0, 0.05) is 38.3 Å². The summed E-state index contributed by atoms with van der Waals surface area (Å²) in [6, 6.07) is 27.3. The number of aryl methyl sites for hydroxylation is 1. The van der Waals surface area contributed by atoms with Crippen molar-refractivity contribution in [1.82, 2.24) is 9.80 Å². The first-order valence-electron chi connectivity index (χ1n) is 10.5. The van der Waals surface area contributed by atoms with Crippen LogP contribution in [0.1, 0.15) is 22.3 Å². The van der Waals surface area contributed by atoms with Gasteiger partial charge in [-0.2, -0.15) is 0 Å². The summed E-state index contributed by atoms with van der Waals surface area (Å²) in [4.78, 5) is 5.72. The minimum absolute atomic E-state index is 0.564. The van der Waals surface area contributed by atoms with E-state index in [1.165, 1.54) is 16.7 Å². The average Bonchev–Trinajstić information content (AvgIpc) is 2.80. The molecule has 0 radical (unpaired) electrons. The normalized spacial score (nSPS) is 14.5. The Hall–Kier alpha value is -2.69. The highest BCUT2D eigenvalue weighted by Gasteiger charge is 2.20. The first-order valence-corrected chi connectivity index (χ1v) is 10.9. The van der Waals surface area contributed by atoms with Crippen LogP contribution in [0.15, 0.2) is 78.9 Å². The maximum absolute atomic E-state index is 6.01. The average molecular weight is 417 g/mol. The minimum Gasteiger partial charge on any atom is -0.489 e. The molecule has 1 aliphatic rings. The van der Waals surface area contributed by atoms with Gasteiger partial charge in [0.25, 0.3) is 0 Å². The molecule has 4 heteroatoms. The van der Waals surface area contributed by atoms with Crippen molar-refractivity contribution in [1.29, 1.82) is 0 Å². The van der Waals surface area contributed by atoms with E-state index in [0.717, 1.165) is 49.0 Å². The molecule has 0 aliphatic carbocycles. The SMILES string of the molecule is Cc1ccc(COc2cccc(C(=S)N3CCN(Cc4ccccc4)CC3)c2)cc1. The third kappa shape index (κ3) is 5.47. The maximum atomic E-state index is 6.01. The van der Waals surface area contributed by atoms with Gasteiger partial charge in [-0.15, -0.1) is 0 Å². The number of piperazine rings is 1. The highest BCUT2D eigenvalue weighted by molar-refractivity contribution is 7.80. The van der Waals surface area contributed by atoms with Crippen molar-refractivity contribution in [3.05, 3.63) is 101 Å². The number of hydrogen-bond donors (Lipinski definition) is 0. The lowest BCUT2D eigenvalue weighted by Gasteiger charge is -2.36. The molecule has 1 fully saturated rings. The van der Waals surface area contributed by atoms with Gasteiger partial charge < -0.3 is 9.64 Å². The lowest BCUT2D eigenvalue weighted by atomic mass is 10.1. The van der Waals surface area contributed by atoms with E-state index in [-0.39, 0.29) is 0 Å². The Labute approximate surface area is 184 Å². The molecule has 3 aromatic rings. The van der Waals surface area contributed by atoms with Crippen molar-refractivity contribution in [3.63, 3.8) is 0 Å². The number of rotatable bonds is 6. The van der Waals surface area contributed by atoms with Gasteiger partial charge in [0.05, 0.1) is 0 Å². The molecule has 3 nitrogen and oxygen atoms in total. The van der Waals surface area contributed by atoms with Crippen LogP contribution in [0.3, 0.4) is 0 Å². The first-order chi connectivity index (χ1) is 14.7. The molecule has 0 saturated carbocycles. The van der Waals surface area contributed by atoms with Crippen LogP contribution in [-0.2, 0) is 13.2 Å². The Kier molecular flexibility index (Phi) is 6.77. The van der Waals surface area contributed by atoms with Crippen LogP contribution in [0.5, 0.6) is 5.75 Å². The zero-order valence-electron chi connectivity index (χ0n) is 17.5. The first kappa shape index (κ1) is 20.6. The zero-order valence-corrected chi connectivity index (χ0v) is 18.3. The molecule has 0 bridgehead atoms. The Morgan fingerprint density at radius 3 is 2.30 bits per heavy atom. The third-order valence-electron chi connectivity index (χ3n) is 5.52. The summed E-state index contributed by atoms with van der Waals surface area (Å²) in [6.45, 7) is 7.63. The Balaban J connectivity index is 1.31. The van der Waals surface area contributed by atoms with E-state index in [9.17, 15) is 0 Å². The van der Waals surface area contributed by atoms with Crippen molar-refractivity contribution in [2.75, 3.05) is 26.2 Å². The van der Waals surface area contributed by atoms with Crippen LogP contribution in [0.4, 0.5) is 0 Å². The molecule has 1 saturated heterocycles. The molecular weight excluding hydrogens is 388 g/mol. The summed E-state index contributed by atoms with van der Waals surface area (Å²) >= 11 is 5.81. The summed E-state index contributed by atoms with van der Waals surface area (Å²) < 4.78 is 6.01. The Morgan fingerprint density at radius 2 is 1.57 bits per heavy atom. The van der Waals surface area contributed by atoms with E-state index in [4.69, 9.17) is 17.0 Å². The summed E-state index contributed by atoms with van der Waals surface area (Å²) in [6.07, 6.45) is 0. The molecule has 30 heavy (non-hydrogen) atoms. The molecule has 1 aliphatic heterocycles. The fraction of sp³-hybridized carbons (Fsp3) is 0.269. The smallest absolute Gasteiger partial charge is 0.120 e. The zero-order chi connectivity index (χ0) is 20.8. The van der Waals surface area contributed by atoms with Gasteiger partial charge in [-0.05, 0) is 30.2 Å². The predicted octanol–water partition coefficient (Wildman–Crippen LogP) is 5.07. The van der Waals surface area contributed by atoms with Gasteiger partial charge in [0.1, 0.15) is 17.3 Å². The maximum Gasteiger partial charge on any atom is 0.120 e. The summed E-state index contributed by atoms with van der Waals surface area (Å²) in [7, 11) is 0. The van der Waals surface area contributed by atoms with Crippen LogP contribution < -0.4 is 4.74 Å². The summed E-state index contributed by atoms with van der Waals surface area (Å²) in [5, 5.41) is 0. The quantitative estimate of drug-likeness (QED) is 0.521. The Morgan fingerprint density at radius 1 is 0.833 bits per heavy atom. The van der Waals surface area contributed by atoms with Crippen molar-refractivity contribution in [3.8, 4) is 5.75 Å². The van der Waals surface area contributed by atoms with Gasteiger partial charge in [0.2, 0.25) is 0 Å². The molecule has 0 amide bonds. The molecule has 0 atom stereocenters. The largest absolute Gasteiger partial charge is 0.489 e. The number of nitrogens with zero attached hydrogens (tertiary/aromatic N) is 2. The van der Waals surface area contributed by atoms with Gasteiger partial charge in [0.15, 0.2) is 0 Å². The van der Waals surface area contributed by atoms with Crippen molar-refractivity contribution < 1.29 is 4.74 Å². The van der Waals surface area contributed by atoms with Crippen LogP contribution >= 0.6 is 12.2 Å². The number of hydrogen-bond acceptors (Lipinski definition) is 3. The number of thiocarbonyl (C=S) groups is 1. The molecule has 0 N–H and O–H groups in total. The van der Waals surface area contributed by atoms with Gasteiger partial charge in [-0.3, -0.25) is 4.90 Å². The topological polar surface area (TPSA) is 15.7 Å². The third-order valence-corrected chi connectivity index (χ3v) is 6.01. The highest BCUT2D eigenvalue weighted by Crippen LogP contribution is 2.19. The second kappa shape index (κ2) is 9.88. The van der Waals surface area contributed by atoms with E-state index in [1.807, 2.05) is 12.1 Å². The summed E-state index contributed by atoms with van der Waals surface area (Å²) in [5.74, 6) is 0.859. The van der Waals surface area contributed by atoms with E-state index in [0.29, 0.717) is 6.61 Å². The molecule has 3 aromatic carbocycles. The number of ether oxygens (including phenoxy) is 1. The van der Waals surface area contributed by atoms with E-state index < -0.39 is 0 Å². The van der Waals surface area contributed by atoms with Crippen molar-refractivity contribution in [2.45, 2.75) is 20.1 Å². The molecule has 0 unspecified atom stereocenters. The van der Waals surface area contributed by atoms with Crippen molar-refractivity contribution >= 4 is 17.2 Å². The molecule has 1 heterocycles. The van der Waals surface area contributed by atoms with Crippen molar-refractivity contribution in [2.24, 2.45) is 0 Å². The van der Waals surface area contributed by atoms with Crippen LogP contribution in [0, 0.1) is 6.92 Å². The number of benzene rings is 3. The van der Waals surface area contributed by atoms with Crippen LogP contribution in [-0.4, -0.2) is 41.0 Å². The van der Waals surface area contributed by atoms with Crippen LogP contribution in [0.25, 0.3) is 0 Å².